The van der Waals surface area contributed by atoms with Gasteiger partial charge in [-0.25, -0.2) is 9.78 Å². The van der Waals surface area contributed by atoms with Crippen molar-refractivity contribution >= 4 is 17.7 Å². The molecule has 0 bridgehead atoms. The lowest BCUT2D eigenvalue weighted by Crippen LogP contribution is -2.10. The molecule has 1 N–H and O–H groups in total. The molecule has 0 saturated heterocycles. The molecule has 3 nitrogen and oxygen atoms in total. The number of aromatic carboxylic acids is 1. The van der Waals surface area contributed by atoms with Gasteiger partial charge in [-0.1, -0.05) is 32.5 Å². The number of hydrogen-bond acceptors (Lipinski definition) is 3. The van der Waals surface area contributed by atoms with Gasteiger partial charge in [0.05, 0.1) is 5.56 Å². The number of carboxylic acids is 1. The van der Waals surface area contributed by atoms with Crippen LogP contribution in [0.1, 0.15) is 36.8 Å². The van der Waals surface area contributed by atoms with Gasteiger partial charge >= 0.3 is 5.97 Å². The first-order valence-corrected chi connectivity index (χ1v) is 5.51. The number of thioether (sulfide) groups is 1. The van der Waals surface area contributed by atoms with Gasteiger partial charge in [0.2, 0.25) is 0 Å². The van der Waals surface area contributed by atoms with E-state index in [1.54, 1.807) is 12.1 Å². The normalized spacial score (nSPS) is 11.5. The van der Waals surface area contributed by atoms with Crippen molar-refractivity contribution in [2.45, 2.75) is 37.5 Å². The Bertz CT molecular complexity index is 383. The Morgan fingerprint density at radius 1 is 1.40 bits per heavy atom. The number of nitrogens with zero attached hydrogens (tertiary/aromatic N) is 1. The molecule has 0 aliphatic heterocycles. The Morgan fingerprint density at radius 3 is 2.47 bits per heavy atom. The highest BCUT2D eigenvalue weighted by Gasteiger charge is 2.19. The maximum Gasteiger partial charge on any atom is 0.338 e. The van der Waals surface area contributed by atoms with Crippen LogP contribution in [0, 0.1) is 6.92 Å². The van der Waals surface area contributed by atoms with Crippen molar-refractivity contribution in [3.8, 4) is 0 Å². The minimum Gasteiger partial charge on any atom is -0.478 e. The summed E-state index contributed by atoms with van der Waals surface area (Å²) in [5.74, 6) is -0.922. The van der Waals surface area contributed by atoms with Gasteiger partial charge in [0.1, 0.15) is 5.03 Å². The number of hydrogen-bond donors (Lipinski definition) is 1. The molecule has 0 saturated carbocycles. The molecule has 1 heterocycles. The minimum absolute atomic E-state index is 0.0367. The molecule has 1 rings (SSSR count). The van der Waals surface area contributed by atoms with Gasteiger partial charge in [0, 0.05) is 10.4 Å². The predicted molar refractivity (Wildman–Crippen MR) is 61.5 cm³/mol. The Hall–Kier alpha value is -1.03. The van der Waals surface area contributed by atoms with E-state index in [0.717, 1.165) is 5.69 Å². The molecule has 0 aromatic carbocycles. The first-order valence-electron chi connectivity index (χ1n) is 4.69. The Morgan fingerprint density at radius 2 is 2.00 bits per heavy atom. The average Bonchev–Trinajstić information content (AvgIpc) is 1.99. The van der Waals surface area contributed by atoms with Gasteiger partial charge in [0.25, 0.3) is 0 Å². The molecule has 0 aliphatic carbocycles. The van der Waals surface area contributed by atoms with E-state index in [4.69, 9.17) is 5.11 Å². The van der Waals surface area contributed by atoms with Gasteiger partial charge in [-0.3, -0.25) is 0 Å². The summed E-state index contributed by atoms with van der Waals surface area (Å²) in [5, 5.41) is 9.59. The summed E-state index contributed by atoms with van der Waals surface area (Å²) < 4.78 is -0.0367. The van der Waals surface area contributed by atoms with Gasteiger partial charge in [-0.05, 0) is 19.1 Å². The summed E-state index contributed by atoms with van der Waals surface area (Å²) in [4.78, 5) is 15.2. The molecular weight excluding hydrogens is 210 g/mol. The monoisotopic (exact) mass is 225 g/mol. The smallest absolute Gasteiger partial charge is 0.338 e. The van der Waals surface area contributed by atoms with E-state index >= 15 is 0 Å². The predicted octanol–water partition coefficient (Wildman–Crippen LogP) is 2.98. The lowest BCUT2D eigenvalue weighted by atomic mass is 10.2. The van der Waals surface area contributed by atoms with Crippen molar-refractivity contribution in [1.29, 1.82) is 0 Å². The van der Waals surface area contributed by atoms with Crippen LogP contribution in [-0.2, 0) is 0 Å². The van der Waals surface area contributed by atoms with Crippen LogP contribution >= 0.6 is 11.8 Å². The summed E-state index contributed by atoms with van der Waals surface area (Å²) in [6.45, 7) is 7.96. The topological polar surface area (TPSA) is 50.2 Å². The number of aromatic nitrogens is 1. The third-order valence-electron chi connectivity index (χ3n) is 1.63. The number of pyridine rings is 1. The largest absolute Gasteiger partial charge is 0.478 e. The second kappa shape index (κ2) is 4.23. The number of carbonyl (C=O) groups is 1. The lowest BCUT2D eigenvalue weighted by molar-refractivity contribution is 0.0692. The fraction of sp³-hybridized carbons (Fsp3) is 0.455. The Kier molecular flexibility index (Phi) is 3.39. The molecule has 1 aromatic rings. The Balaban J connectivity index is 3.13. The van der Waals surface area contributed by atoms with Crippen LogP contribution in [0.2, 0.25) is 0 Å². The Labute approximate surface area is 93.9 Å². The number of carboxylic acid groups (broad SMARTS) is 1. The summed E-state index contributed by atoms with van der Waals surface area (Å²) >= 11 is 1.48. The molecule has 4 heteroatoms. The molecule has 82 valence electrons. The van der Waals surface area contributed by atoms with Gasteiger partial charge < -0.3 is 5.11 Å². The van der Waals surface area contributed by atoms with E-state index in [1.165, 1.54) is 11.8 Å². The van der Waals surface area contributed by atoms with Crippen LogP contribution in [-0.4, -0.2) is 20.8 Å². The van der Waals surface area contributed by atoms with Crippen molar-refractivity contribution in [2.24, 2.45) is 0 Å². The molecular formula is C11H15NO2S. The summed E-state index contributed by atoms with van der Waals surface area (Å²) in [7, 11) is 0. The molecule has 0 amide bonds. The second-order valence-electron chi connectivity index (χ2n) is 4.32. The first kappa shape index (κ1) is 12.0. The highest BCUT2D eigenvalue weighted by molar-refractivity contribution is 8.00. The zero-order chi connectivity index (χ0) is 11.6. The van der Waals surface area contributed by atoms with E-state index in [0.29, 0.717) is 5.03 Å². The zero-order valence-corrected chi connectivity index (χ0v) is 10.2. The van der Waals surface area contributed by atoms with E-state index in [2.05, 4.69) is 4.98 Å². The maximum absolute atomic E-state index is 11.0. The fourth-order valence-electron chi connectivity index (χ4n) is 1.06. The van der Waals surface area contributed by atoms with Crippen molar-refractivity contribution in [3.05, 3.63) is 23.4 Å². The SMILES string of the molecule is Cc1ccc(C(=O)O)c(SC(C)(C)C)n1. The van der Waals surface area contributed by atoms with Crippen molar-refractivity contribution in [1.82, 2.24) is 4.98 Å². The van der Waals surface area contributed by atoms with Crippen molar-refractivity contribution in [2.75, 3.05) is 0 Å². The van der Waals surface area contributed by atoms with Crippen LogP contribution in [0.15, 0.2) is 17.2 Å². The summed E-state index contributed by atoms with van der Waals surface area (Å²) in [5.41, 5.74) is 1.12. The minimum atomic E-state index is -0.922. The second-order valence-corrected chi connectivity index (χ2v) is 6.14. The zero-order valence-electron chi connectivity index (χ0n) is 9.37. The van der Waals surface area contributed by atoms with Crippen LogP contribution in [0.4, 0.5) is 0 Å². The number of aryl methyl sites for hydroxylation is 1. The van der Waals surface area contributed by atoms with Crippen molar-refractivity contribution in [3.63, 3.8) is 0 Å². The maximum atomic E-state index is 11.0. The quantitative estimate of drug-likeness (QED) is 0.786. The lowest BCUT2D eigenvalue weighted by Gasteiger charge is -2.18. The fourth-order valence-corrected chi connectivity index (χ4v) is 2.10. The van der Waals surface area contributed by atoms with E-state index in [-0.39, 0.29) is 10.3 Å². The molecule has 0 atom stereocenters. The highest BCUT2D eigenvalue weighted by atomic mass is 32.2. The molecule has 0 fully saturated rings. The third-order valence-corrected chi connectivity index (χ3v) is 2.75. The van der Waals surface area contributed by atoms with E-state index in [1.807, 2.05) is 27.7 Å². The van der Waals surface area contributed by atoms with Crippen molar-refractivity contribution < 1.29 is 9.90 Å². The van der Waals surface area contributed by atoms with Crippen LogP contribution in [0.5, 0.6) is 0 Å². The highest BCUT2D eigenvalue weighted by Crippen LogP contribution is 2.32. The molecule has 0 radical (unpaired) electrons. The third kappa shape index (κ3) is 3.55. The molecule has 0 aliphatic rings. The summed E-state index contributed by atoms with van der Waals surface area (Å²) in [6.07, 6.45) is 0. The van der Waals surface area contributed by atoms with E-state index in [9.17, 15) is 4.79 Å². The first-order chi connectivity index (χ1) is 6.79. The molecule has 0 unspecified atom stereocenters. The van der Waals surface area contributed by atoms with E-state index < -0.39 is 5.97 Å². The van der Waals surface area contributed by atoms with Gasteiger partial charge in [0.15, 0.2) is 0 Å². The molecule has 15 heavy (non-hydrogen) atoms. The van der Waals surface area contributed by atoms with Gasteiger partial charge in [-0.15, -0.1) is 0 Å². The molecule has 0 spiro atoms. The van der Waals surface area contributed by atoms with Gasteiger partial charge in [-0.2, -0.15) is 0 Å². The van der Waals surface area contributed by atoms with Crippen LogP contribution < -0.4 is 0 Å². The summed E-state index contributed by atoms with van der Waals surface area (Å²) in [6, 6.07) is 3.33. The average molecular weight is 225 g/mol. The van der Waals surface area contributed by atoms with Crippen LogP contribution in [0.3, 0.4) is 0 Å². The standard InChI is InChI=1S/C11H15NO2S/c1-7-5-6-8(10(13)14)9(12-7)15-11(2,3)4/h5-6H,1-4H3,(H,13,14). The number of rotatable bonds is 2. The molecule has 1 aromatic heterocycles. The van der Waals surface area contributed by atoms with Crippen LogP contribution in [0.25, 0.3) is 0 Å².